The van der Waals surface area contributed by atoms with E-state index in [0.717, 1.165) is 11.3 Å². The summed E-state index contributed by atoms with van der Waals surface area (Å²) in [6.45, 7) is 7.18. The smallest absolute Gasteiger partial charge is 0.270 e. The summed E-state index contributed by atoms with van der Waals surface area (Å²) >= 11 is 0. The largest absolute Gasteiger partial charge is 0.392 e. The first-order valence-electron chi connectivity index (χ1n) is 9.83. The molecule has 32 heavy (non-hydrogen) atoms. The Balaban J connectivity index is 1.78. The Labute approximate surface area is 183 Å². The molecule has 0 unspecified atom stereocenters. The summed E-state index contributed by atoms with van der Waals surface area (Å²) < 4.78 is 1.91. The van der Waals surface area contributed by atoms with Crippen molar-refractivity contribution in [1.82, 2.24) is 24.5 Å². The highest BCUT2D eigenvalue weighted by molar-refractivity contribution is 5.84. The zero-order valence-electron chi connectivity index (χ0n) is 16.8. The van der Waals surface area contributed by atoms with Crippen molar-refractivity contribution < 1.29 is 5.11 Å². The van der Waals surface area contributed by atoms with E-state index in [0.29, 0.717) is 45.6 Å². The number of nitrogens with zero attached hydrogens (tertiary/aromatic N) is 6. The van der Waals surface area contributed by atoms with E-state index >= 15 is 0 Å². The third kappa shape index (κ3) is 3.33. The van der Waals surface area contributed by atoms with E-state index in [1.807, 2.05) is 59.2 Å². The Hall–Kier alpha value is -4.61. The van der Waals surface area contributed by atoms with Gasteiger partial charge in [0.1, 0.15) is 17.0 Å². The molecule has 0 amide bonds. The highest BCUT2D eigenvalue weighted by Crippen LogP contribution is 2.31. The lowest BCUT2D eigenvalue weighted by Gasteiger charge is -2.11. The standard InChI is InChI=1S/C24H17N7O/c1-26-21-6-2-5-18(28-21)19-11-12-20-24(29-19)31(16-9-7-15(14-32)8-10-16)23(30-20)17-4-3-13-27-22(17)25/h2-13,32H,14H2,(H2,25,27). The Morgan fingerprint density at radius 1 is 0.906 bits per heavy atom. The number of pyridine rings is 3. The molecule has 0 saturated carbocycles. The van der Waals surface area contributed by atoms with Gasteiger partial charge in [0.15, 0.2) is 17.2 Å². The third-order valence-electron chi connectivity index (χ3n) is 5.07. The zero-order valence-corrected chi connectivity index (χ0v) is 16.8. The van der Waals surface area contributed by atoms with Crippen molar-refractivity contribution in [3.8, 4) is 28.5 Å². The topological polar surface area (TPSA) is 107 Å². The van der Waals surface area contributed by atoms with Crippen molar-refractivity contribution in [1.29, 1.82) is 0 Å². The van der Waals surface area contributed by atoms with Gasteiger partial charge in [0, 0.05) is 11.9 Å². The molecule has 0 saturated heterocycles. The summed E-state index contributed by atoms with van der Waals surface area (Å²) in [5, 5.41) is 9.42. The summed E-state index contributed by atoms with van der Waals surface area (Å²) in [6, 6.07) is 20.1. The Morgan fingerprint density at radius 2 is 1.72 bits per heavy atom. The number of anilines is 1. The molecule has 5 aromatic rings. The van der Waals surface area contributed by atoms with Crippen molar-refractivity contribution in [2.24, 2.45) is 0 Å². The van der Waals surface area contributed by atoms with Crippen LogP contribution in [0.5, 0.6) is 0 Å². The minimum absolute atomic E-state index is 0.0428. The molecule has 0 bridgehead atoms. The fourth-order valence-electron chi connectivity index (χ4n) is 3.51. The maximum atomic E-state index is 9.42. The average molecular weight is 419 g/mol. The van der Waals surface area contributed by atoms with Gasteiger partial charge in [-0.1, -0.05) is 24.8 Å². The first kappa shape index (κ1) is 19.4. The Bertz CT molecular complexity index is 1480. The van der Waals surface area contributed by atoms with Gasteiger partial charge in [0.2, 0.25) is 0 Å². The molecule has 0 aliphatic rings. The monoisotopic (exact) mass is 419 g/mol. The van der Waals surface area contributed by atoms with E-state index in [9.17, 15) is 5.11 Å². The number of fused-ring (bicyclic) bond motifs is 1. The summed E-state index contributed by atoms with van der Waals surface area (Å²) in [6.07, 6.45) is 1.63. The maximum Gasteiger partial charge on any atom is 0.270 e. The van der Waals surface area contributed by atoms with Crippen molar-refractivity contribution in [3.63, 3.8) is 0 Å². The van der Waals surface area contributed by atoms with E-state index in [4.69, 9.17) is 22.3 Å². The fraction of sp³-hybridized carbons (Fsp3) is 0.0417. The molecule has 0 spiro atoms. The van der Waals surface area contributed by atoms with E-state index < -0.39 is 0 Å². The number of imidazole rings is 1. The number of nitrogen functional groups attached to an aromatic ring is 1. The fourth-order valence-corrected chi connectivity index (χ4v) is 3.51. The van der Waals surface area contributed by atoms with Gasteiger partial charge < -0.3 is 15.7 Å². The molecule has 8 heteroatoms. The zero-order chi connectivity index (χ0) is 22.1. The van der Waals surface area contributed by atoms with Crippen LogP contribution in [0, 0.1) is 6.57 Å². The van der Waals surface area contributed by atoms with Crippen LogP contribution in [-0.4, -0.2) is 29.6 Å². The normalized spacial score (nSPS) is 10.9. The molecule has 5 rings (SSSR count). The Kier molecular flexibility index (Phi) is 4.78. The van der Waals surface area contributed by atoms with Crippen LogP contribution in [-0.2, 0) is 6.61 Å². The second-order valence-corrected chi connectivity index (χ2v) is 7.06. The van der Waals surface area contributed by atoms with Gasteiger partial charge in [-0.15, -0.1) is 4.98 Å². The molecular formula is C24H17N7O. The van der Waals surface area contributed by atoms with Crippen molar-refractivity contribution >= 4 is 22.8 Å². The molecule has 0 atom stereocenters. The van der Waals surface area contributed by atoms with Gasteiger partial charge in [-0.25, -0.2) is 15.0 Å². The lowest BCUT2D eigenvalue weighted by Crippen LogP contribution is -2.02. The van der Waals surface area contributed by atoms with Crippen LogP contribution in [0.2, 0.25) is 0 Å². The van der Waals surface area contributed by atoms with Gasteiger partial charge >= 0.3 is 0 Å². The van der Waals surface area contributed by atoms with Crippen molar-refractivity contribution in [2.45, 2.75) is 6.61 Å². The molecule has 4 heterocycles. The lowest BCUT2D eigenvalue weighted by molar-refractivity contribution is 0.282. The average Bonchev–Trinajstić information content (AvgIpc) is 3.23. The van der Waals surface area contributed by atoms with Gasteiger partial charge in [-0.3, -0.25) is 4.57 Å². The lowest BCUT2D eigenvalue weighted by atomic mass is 10.2. The van der Waals surface area contributed by atoms with Crippen molar-refractivity contribution in [3.05, 3.63) is 89.9 Å². The molecule has 154 valence electrons. The number of hydrogen-bond donors (Lipinski definition) is 2. The van der Waals surface area contributed by atoms with Crippen LogP contribution in [0.4, 0.5) is 11.6 Å². The molecule has 0 aliphatic heterocycles. The second kappa shape index (κ2) is 7.91. The molecule has 1 aromatic carbocycles. The number of hydrogen-bond acceptors (Lipinski definition) is 6. The minimum atomic E-state index is -0.0428. The molecule has 8 nitrogen and oxygen atoms in total. The second-order valence-electron chi connectivity index (χ2n) is 7.06. The number of nitrogens with two attached hydrogens (primary N) is 1. The number of aliphatic hydroxyl groups excluding tert-OH is 1. The first-order chi connectivity index (χ1) is 15.7. The quantitative estimate of drug-likeness (QED) is 0.424. The van der Waals surface area contributed by atoms with Gasteiger partial charge in [0.05, 0.1) is 12.2 Å². The van der Waals surface area contributed by atoms with Crippen LogP contribution >= 0.6 is 0 Å². The van der Waals surface area contributed by atoms with E-state index in [1.165, 1.54) is 0 Å². The van der Waals surface area contributed by atoms with Crippen LogP contribution in [0.25, 0.3) is 44.5 Å². The maximum absolute atomic E-state index is 9.42. The van der Waals surface area contributed by atoms with Crippen LogP contribution < -0.4 is 5.73 Å². The minimum Gasteiger partial charge on any atom is -0.392 e. The van der Waals surface area contributed by atoms with E-state index in [-0.39, 0.29) is 6.61 Å². The van der Waals surface area contributed by atoms with Gasteiger partial charge in [-0.2, -0.15) is 0 Å². The summed E-state index contributed by atoms with van der Waals surface area (Å²) in [5.41, 5.74) is 11.0. The number of benzene rings is 1. The predicted octanol–water partition coefficient (Wildman–Crippen LogP) is 4.17. The molecule has 4 aromatic heterocycles. The first-order valence-corrected chi connectivity index (χ1v) is 9.83. The summed E-state index contributed by atoms with van der Waals surface area (Å²) in [4.78, 5) is 21.6. The molecule has 0 fully saturated rings. The molecule has 3 N–H and O–H groups in total. The van der Waals surface area contributed by atoms with Gasteiger partial charge in [0.25, 0.3) is 5.82 Å². The van der Waals surface area contributed by atoms with Crippen LogP contribution in [0.1, 0.15) is 5.56 Å². The molecule has 0 aliphatic carbocycles. The van der Waals surface area contributed by atoms with Crippen molar-refractivity contribution in [2.75, 3.05) is 5.73 Å². The van der Waals surface area contributed by atoms with Crippen LogP contribution in [0.3, 0.4) is 0 Å². The van der Waals surface area contributed by atoms with Crippen LogP contribution in [0.15, 0.2) is 72.9 Å². The SMILES string of the molecule is [C-]#[N+]c1cccc(-c2ccc3nc(-c4cccnc4N)n(-c4ccc(CO)cc4)c3n2)n1. The highest BCUT2D eigenvalue weighted by atomic mass is 16.3. The van der Waals surface area contributed by atoms with Gasteiger partial charge in [-0.05, 0) is 54.1 Å². The van der Waals surface area contributed by atoms with E-state index in [1.54, 1.807) is 18.3 Å². The predicted molar refractivity (Wildman–Crippen MR) is 122 cm³/mol. The highest BCUT2D eigenvalue weighted by Gasteiger charge is 2.19. The Morgan fingerprint density at radius 3 is 2.47 bits per heavy atom. The summed E-state index contributed by atoms with van der Waals surface area (Å²) in [7, 11) is 0. The van der Waals surface area contributed by atoms with E-state index in [2.05, 4.69) is 14.8 Å². The number of rotatable bonds is 4. The third-order valence-corrected chi connectivity index (χ3v) is 5.07. The molecule has 0 radical (unpaired) electrons. The summed E-state index contributed by atoms with van der Waals surface area (Å²) in [5.74, 6) is 1.28. The molecular weight excluding hydrogens is 402 g/mol. The number of aliphatic hydroxyl groups is 1. The number of aromatic nitrogens is 5.